The highest BCUT2D eigenvalue weighted by Crippen LogP contribution is 2.31. The molecule has 1 unspecified atom stereocenters. The smallest absolute Gasteiger partial charge is 0.441 e. The van der Waals surface area contributed by atoms with E-state index in [0.29, 0.717) is 0 Å². The van der Waals surface area contributed by atoms with E-state index in [2.05, 4.69) is 5.32 Å². The van der Waals surface area contributed by atoms with Gasteiger partial charge in [0.15, 0.2) is 0 Å². The topological polar surface area (TPSA) is 102 Å². The summed E-state index contributed by atoms with van der Waals surface area (Å²) >= 11 is -0.394. The van der Waals surface area contributed by atoms with E-state index in [1.807, 2.05) is 0 Å². The molecule has 0 aromatic heterocycles. The van der Waals surface area contributed by atoms with Crippen molar-refractivity contribution < 1.29 is 41.9 Å². The lowest BCUT2D eigenvalue weighted by molar-refractivity contribution is -0.171. The van der Waals surface area contributed by atoms with E-state index < -0.39 is 65.0 Å². The van der Waals surface area contributed by atoms with Crippen molar-refractivity contribution in [2.45, 2.75) is 44.3 Å². The van der Waals surface area contributed by atoms with Crippen molar-refractivity contribution in [3.8, 4) is 0 Å². The molecule has 3 amide bonds. The minimum Gasteiger partial charge on any atom is -0.444 e. The summed E-state index contributed by atoms with van der Waals surface area (Å²) in [5.74, 6) is -3.66. The summed E-state index contributed by atoms with van der Waals surface area (Å²) in [4.78, 5) is 53.8. The molecule has 2 rings (SSSR count). The second-order valence-corrected chi connectivity index (χ2v) is 8.30. The van der Waals surface area contributed by atoms with E-state index in [9.17, 15) is 32.3 Å². The monoisotopic (exact) mass is 448 g/mol. The Morgan fingerprint density at radius 3 is 2.10 bits per heavy atom. The van der Waals surface area contributed by atoms with Crippen LogP contribution in [0.3, 0.4) is 0 Å². The van der Waals surface area contributed by atoms with Gasteiger partial charge >= 0.3 is 17.6 Å². The van der Waals surface area contributed by atoms with Crippen LogP contribution in [0.4, 0.5) is 18.0 Å². The molecule has 1 aromatic carbocycles. The summed E-state index contributed by atoms with van der Waals surface area (Å²) < 4.78 is 42.2. The van der Waals surface area contributed by atoms with Gasteiger partial charge in [0.25, 0.3) is 11.8 Å². The maximum Gasteiger partial charge on any atom is 0.441 e. The lowest BCUT2D eigenvalue weighted by Gasteiger charge is -2.23. The summed E-state index contributed by atoms with van der Waals surface area (Å²) in [5, 5.41) is 2.33. The zero-order valence-corrected chi connectivity index (χ0v) is 17.1. The van der Waals surface area contributed by atoms with E-state index in [1.165, 1.54) is 24.3 Å². The SMILES string of the molecule is CC(C)(C)OC(=O)NC(CCSC(F)(F)F)C(=O)ON1C(=O)c2ccccc2C1=O. The van der Waals surface area contributed by atoms with Crippen molar-refractivity contribution in [1.82, 2.24) is 10.4 Å². The van der Waals surface area contributed by atoms with Crippen LogP contribution in [-0.4, -0.2) is 51.8 Å². The lowest BCUT2D eigenvalue weighted by atomic mass is 10.1. The van der Waals surface area contributed by atoms with Crippen molar-refractivity contribution in [2.24, 2.45) is 0 Å². The number of carbonyl (C=O) groups excluding carboxylic acids is 4. The molecule has 0 aliphatic carbocycles. The number of ether oxygens (including phenoxy) is 1. The third-order valence-corrected chi connectivity index (χ3v) is 4.35. The molecule has 1 atom stereocenters. The van der Waals surface area contributed by atoms with Crippen LogP contribution < -0.4 is 5.32 Å². The number of hydrogen-bond acceptors (Lipinski definition) is 7. The minimum absolute atomic E-state index is 0.0135. The zero-order chi connectivity index (χ0) is 22.7. The van der Waals surface area contributed by atoms with Gasteiger partial charge in [0, 0.05) is 5.75 Å². The highest BCUT2D eigenvalue weighted by atomic mass is 32.2. The molecular formula is C18H19F3N2O6S. The Kier molecular flexibility index (Phi) is 7.01. The number of carbonyl (C=O) groups is 4. The minimum atomic E-state index is -4.54. The van der Waals surface area contributed by atoms with E-state index in [-0.39, 0.29) is 16.2 Å². The van der Waals surface area contributed by atoms with E-state index in [1.54, 1.807) is 20.8 Å². The van der Waals surface area contributed by atoms with Crippen molar-refractivity contribution in [1.29, 1.82) is 0 Å². The zero-order valence-electron chi connectivity index (χ0n) is 16.2. The first kappa shape index (κ1) is 23.5. The first-order valence-electron chi connectivity index (χ1n) is 8.68. The average molecular weight is 448 g/mol. The van der Waals surface area contributed by atoms with Crippen LogP contribution in [0.2, 0.25) is 0 Å². The van der Waals surface area contributed by atoms with Gasteiger partial charge in [0.05, 0.1) is 11.1 Å². The standard InChI is InChI=1S/C18H19F3N2O6S/c1-17(2,3)28-16(27)22-12(8-9-30-18(19,20)21)15(26)29-23-13(24)10-6-4-5-7-11(10)14(23)25/h4-7,12H,8-9H2,1-3H3,(H,22,27). The van der Waals surface area contributed by atoms with Gasteiger partial charge in [-0.05, 0) is 39.3 Å². The van der Waals surface area contributed by atoms with Crippen LogP contribution in [0, 0.1) is 0 Å². The summed E-state index contributed by atoms with van der Waals surface area (Å²) in [6.45, 7) is 4.66. The second-order valence-electron chi connectivity index (χ2n) is 7.14. The predicted octanol–water partition coefficient (Wildman–Crippen LogP) is 3.28. The normalized spacial score (nSPS) is 14.9. The molecule has 0 spiro atoms. The molecule has 8 nitrogen and oxygen atoms in total. The molecule has 1 aromatic rings. The van der Waals surface area contributed by atoms with Crippen LogP contribution in [0.25, 0.3) is 0 Å². The molecule has 0 fully saturated rings. The summed E-state index contributed by atoms with van der Waals surface area (Å²) in [7, 11) is 0. The maximum absolute atomic E-state index is 12.5. The van der Waals surface area contributed by atoms with Crippen molar-refractivity contribution >= 4 is 35.6 Å². The summed E-state index contributed by atoms with van der Waals surface area (Å²) in [5.41, 5.74) is -5.44. The van der Waals surface area contributed by atoms with Gasteiger partial charge in [-0.15, -0.1) is 0 Å². The van der Waals surface area contributed by atoms with Gasteiger partial charge in [-0.25, -0.2) is 9.59 Å². The number of alkyl halides is 3. The van der Waals surface area contributed by atoms with Crippen LogP contribution in [0.5, 0.6) is 0 Å². The number of halogens is 3. The molecule has 0 saturated carbocycles. The lowest BCUT2D eigenvalue weighted by Crippen LogP contribution is -2.47. The largest absolute Gasteiger partial charge is 0.444 e. The Morgan fingerprint density at radius 2 is 1.63 bits per heavy atom. The van der Waals surface area contributed by atoms with Gasteiger partial charge in [0.2, 0.25) is 0 Å². The number of rotatable bonds is 6. The van der Waals surface area contributed by atoms with E-state index in [4.69, 9.17) is 9.57 Å². The van der Waals surface area contributed by atoms with Crippen molar-refractivity contribution in [2.75, 3.05) is 5.75 Å². The number of benzene rings is 1. The number of imide groups is 1. The van der Waals surface area contributed by atoms with Gasteiger partial charge in [0.1, 0.15) is 11.6 Å². The number of fused-ring (bicyclic) bond motifs is 1. The van der Waals surface area contributed by atoms with Gasteiger partial charge in [-0.3, -0.25) is 9.59 Å². The van der Waals surface area contributed by atoms with Crippen LogP contribution in [-0.2, 0) is 14.4 Å². The third-order valence-electron chi connectivity index (χ3n) is 3.59. The fourth-order valence-electron chi connectivity index (χ4n) is 2.39. The number of hydroxylamine groups is 2. The number of hydrogen-bond donors (Lipinski definition) is 1. The Bertz CT molecular complexity index is 818. The maximum atomic E-state index is 12.5. The Hall–Kier alpha value is -2.76. The molecular weight excluding hydrogens is 429 g/mol. The summed E-state index contributed by atoms with van der Waals surface area (Å²) in [6.07, 6.45) is -1.55. The molecule has 1 N–H and O–H groups in total. The van der Waals surface area contributed by atoms with Crippen LogP contribution >= 0.6 is 11.8 Å². The van der Waals surface area contributed by atoms with E-state index >= 15 is 0 Å². The fraction of sp³-hybridized carbons (Fsp3) is 0.444. The molecule has 1 heterocycles. The number of amides is 3. The Morgan fingerprint density at radius 1 is 1.10 bits per heavy atom. The Labute approximate surface area is 174 Å². The fourth-order valence-corrected chi connectivity index (χ4v) is 2.98. The predicted molar refractivity (Wildman–Crippen MR) is 99.3 cm³/mol. The van der Waals surface area contributed by atoms with Crippen LogP contribution in [0.15, 0.2) is 24.3 Å². The number of nitrogens with zero attached hydrogens (tertiary/aromatic N) is 1. The van der Waals surface area contributed by atoms with E-state index in [0.717, 1.165) is 0 Å². The third kappa shape index (κ3) is 6.37. The van der Waals surface area contributed by atoms with Gasteiger partial charge in [-0.1, -0.05) is 29.0 Å². The highest BCUT2D eigenvalue weighted by molar-refractivity contribution is 8.00. The molecule has 0 radical (unpaired) electrons. The van der Waals surface area contributed by atoms with Crippen molar-refractivity contribution in [3.05, 3.63) is 35.4 Å². The quantitative estimate of drug-likeness (QED) is 0.667. The highest BCUT2D eigenvalue weighted by Gasteiger charge is 2.40. The molecule has 12 heteroatoms. The molecule has 1 aliphatic rings. The molecule has 1 aliphatic heterocycles. The molecule has 0 bridgehead atoms. The first-order chi connectivity index (χ1) is 13.8. The second kappa shape index (κ2) is 8.94. The number of thioether (sulfide) groups is 1. The molecule has 30 heavy (non-hydrogen) atoms. The summed E-state index contributed by atoms with van der Waals surface area (Å²) in [6, 6.07) is 4.16. The number of nitrogens with one attached hydrogen (secondary N) is 1. The average Bonchev–Trinajstić information content (AvgIpc) is 2.83. The first-order valence-corrected chi connectivity index (χ1v) is 9.67. The molecule has 164 valence electrons. The van der Waals surface area contributed by atoms with Crippen LogP contribution in [0.1, 0.15) is 47.9 Å². The van der Waals surface area contributed by atoms with Gasteiger partial charge in [-0.2, -0.15) is 13.2 Å². The Balaban J connectivity index is 2.10. The number of alkyl carbamates (subject to hydrolysis) is 1. The van der Waals surface area contributed by atoms with Crippen molar-refractivity contribution in [3.63, 3.8) is 0 Å². The molecule has 0 saturated heterocycles. The van der Waals surface area contributed by atoms with Gasteiger partial charge < -0.3 is 14.9 Å².